The SMILES string of the molecule is Cc1ccc(-c2ccc(Cl)cc2Cl)cc1OC(F)(F)F. The highest BCUT2D eigenvalue weighted by Crippen LogP contribution is 2.35. The molecule has 0 aromatic heterocycles. The molecule has 20 heavy (non-hydrogen) atoms. The molecule has 0 N–H and O–H groups in total. The molecular formula is C14H9Cl2F3O. The van der Waals surface area contributed by atoms with E-state index in [-0.39, 0.29) is 5.75 Å². The first-order valence-corrected chi connectivity index (χ1v) is 6.34. The smallest absolute Gasteiger partial charge is 0.405 e. The number of hydrogen-bond acceptors (Lipinski definition) is 1. The van der Waals surface area contributed by atoms with Crippen LogP contribution in [0.3, 0.4) is 0 Å². The van der Waals surface area contributed by atoms with E-state index in [4.69, 9.17) is 23.2 Å². The van der Waals surface area contributed by atoms with E-state index in [0.29, 0.717) is 26.7 Å². The quantitative estimate of drug-likeness (QED) is 0.672. The Labute approximate surface area is 123 Å². The third-order valence-corrected chi connectivity index (χ3v) is 3.20. The summed E-state index contributed by atoms with van der Waals surface area (Å²) in [4.78, 5) is 0. The third-order valence-electron chi connectivity index (χ3n) is 2.66. The van der Waals surface area contributed by atoms with Crippen LogP contribution in [0.1, 0.15) is 5.56 Å². The molecule has 0 unspecified atom stereocenters. The van der Waals surface area contributed by atoms with Crippen molar-refractivity contribution in [1.82, 2.24) is 0 Å². The van der Waals surface area contributed by atoms with E-state index in [1.165, 1.54) is 19.1 Å². The first kappa shape index (κ1) is 15.0. The van der Waals surface area contributed by atoms with Crippen molar-refractivity contribution in [2.45, 2.75) is 13.3 Å². The Morgan fingerprint density at radius 1 is 1.00 bits per heavy atom. The number of rotatable bonds is 2. The van der Waals surface area contributed by atoms with Gasteiger partial charge in [-0.2, -0.15) is 0 Å². The van der Waals surface area contributed by atoms with Gasteiger partial charge in [0.15, 0.2) is 0 Å². The minimum atomic E-state index is -4.73. The maximum Gasteiger partial charge on any atom is 0.573 e. The molecule has 0 heterocycles. The Bertz CT molecular complexity index is 639. The predicted molar refractivity (Wildman–Crippen MR) is 73.3 cm³/mol. The second-order valence-electron chi connectivity index (χ2n) is 4.15. The van der Waals surface area contributed by atoms with Crippen molar-refractivity contribution >= 4 is 23.2 Å². The number of hydrogen-bond donors (Lipinski definition) is 0. The molecule has 2 aromatic carbocycles. The van der Waals surface area contributed by atoms with E-state index in [9.17, 15) is 13.2 Å². The van der Waals surface area contributed by atoms with Crippen molar-refractivity contribution in [3.05, 3.63) is 52.0 Å². The summed E-state index contributed by atoms with van der Waals surface area (Å²) in [7, 11) is 0. The maximum atomic E-state index is 12.3. The van der Waals surface area contributed by atoms with Gasteiger partial charge in [0.2, 0.25) is 0 Å². The highest BCUT2D eigenvalue weighted by Gasteiger charge is 2.31. The van der Waals surface area contributed by atoms with Crippen LogP contribution in [-0.4, -0.2) is 6.36 Å². The molecule has 0 saturated heterocycles. The van der Waals surface area contributed by atoms with Crippen molar-refractivity contribution < 1.29 is 17.9 Å². The van der Waals surface area contributed by atoms with Gasteiger partial charge >= 0.3 is 6.36 Å². The van der Waals surface area contributed by atoms with Crippen molar-refractivity contribution in [3.8, 4) is 16.9 Å². The molecule has 0 amide bonds. The highest BCUT2D eigenvalue weighted by molar-refractivity contribution is 6.36. The van der Waals surface area contributed by atoms with Crippen molar-refractivity contribution in [2.24, 2.45) is 0 Å². The van der Waals surface area contributed by atoms with Crippen LogP contribution in [0, 0.1) is 6.92 Å². The summed E-state index contributed by atoms with van der Waals surface area (Å²) in [5.74, 6) is -0.249. The molecule has 0 fully saturated rings. The van der Waals surface area contributed by atoms with E-state index in [1.807, 2.05) is 0 Å². The molecule has 2 aromatic rings. The Balaban J connectivity index is 2.45. The van der Waals surface area contributed by atoms with Crippen LogP contribution in [0.25, 0.3) is 11.1 Å². The highest BCUT2D eigenvalue weighted by atomic mass is 35.5. The fourth-order valence-corrected chi connectivity index (χ4v) is 2.24. The van der Waals surface area contributed by atoms with E-state index in [0.717, 1.165) is 0 Å². The fourth-order valence-electron chi connectivity index (χ4n) is 1.73. The molecule has 0 aliphatic carbocycles. The van der Waals surface area contributed by atoms with Crippen LogP contribution in [0.2, 0.25) is 10.0 Å². The average molecular weight is 321 g/mol. The van der Waals surface area contributed by atoms with Crippen LogP contribution in [0.15, 0.2) is 36.4 Å². The lowest BCUT2D eigenvalue weighted by atomic mass is 10.0. The van der Waals surface area contributed by atoms with Gasteiger partial charge in [0.05, 0.1) is 0 Å². The van der Waals surface area contributed by atoms with Gasteiger partial charge in [-0.25, -0.2) is 0 Å². The molecule has 0 spiro atoms. The fraction of sp³-hybridized carbons (Fsp3) is 0.143. The minimum Gasteiger partial charge on any atom is -0.405 e. The van der Waals surface area contributed by atoms with Gasteiger partial charge in [0.1, 0.15) is 5.75 Å². The van der Waals surface area contributed by atoms with Gasteiger partial charge in [-0.3, -0.25) is 0 Å². The first-order valence-electron chi connectivity index (χ1n) is 5.58. The Kier molecular flexibility index (Phi) is 4.16. The Morgan fingerprint density at radius 2 is 1.70 bits per heavy atom. The second kappa shape index (κ2) is 5.54. The Morgan fingerprint density at radius 3 is 2.30 bits per heavy atom. The lowest BCUT2D eigenvalue weighted by Crippen LogP contribution is -2.17. The number of ether oxygens (including phenoxy) is 1. The van der Waals surface area contributed by atoms with E-state index < -0.39 is 6.36 Å². The van der Waals surface area contributed by atoms with Crippen LogP contribution >= 0.6 is 23.2 Å². The van der Waals surface area contributed by atoms with Crippen LogP contribution < -0.4 is 4.74 Å². The number of alkyl halides is 3. The lowest BCUT2D eigenvalue weighted by Gasteiger charge is -2.13. The summed E-state index contributed by atoms with van der Waals surface area (Å²) in [5.41, 5.74) is 1.50. The van der Waals surface area contributed by atoms with Gasteiger partial charge in [0, 0.05) is 15.6 Å². The zero-order valence-corrected chi connectivity index (χ0v) is 11.8. The molecule has 0 aliphatic heterocycles. The number of aryl methyl sites for hydroxylation is 1. The maximum absolute atomic E-state index is 12.3. The second-order valence-corrected chi connectivity index (χ2v) is 5.00. The van der Waals surface area contributed by atoms with E-state index in [2.05, 4.69) is 4.74 Å². The summed E-state index contributed by atoms with van der Waals surface area (Å²) in [6, 6.07) is 9.31. The van der Waals surface area contributed by atoms with Gasteiger partial charge in [-0.15, -0.1) is 13.2 Å². The topological polar surface area (TPSA) is 9.23 Å². The Hall–Kier alpha value is -1.39. The van der Waals surface area contributed by atoms with Crippen LogP contribution in [-0.2, 0) is 0 Å². The zero-order valence-electron chi connectivity index (χ0n) is 10.3. The molecular weight excluding hydrogens is 312 g/mol. The molecule has 6 heteroatoms. The van der Waals surface area contributed by atoms with Gasteiger partial charge < -0.3 is 4.74 Å². The molecule has 0 bridgehead atoms. The number of benzene rings is 2. The molecule has 1 nitrogen and oxygen atoms in total. The standard InChI is InChI=1S/C14H9Cl2F3O/c1-8-2-3-9(6-13(8)20-14(17,18)19)11-5-4-10(15)7-12(11)16/h2-7H,1H3. The minimum absolute atomic E-state index is 0.249. The summed E-state index contributed by atoms with van der Waals surface area (Å²) < 4.78 is 41.0. The van der Waals surface area contributed by atoms with Crippen LogP contribution in [0.4, 0.5) is 13.2 Å². The van der Waals surface area contributed by atoms with Gasteiger partial charge in [-0.05, 0) is 36.2 Å². The third kappa shape index (κ3) is 3.58. The van der Waals surface area contributed by atoms with E-state index >= 15 is 0 Å². The molecule has 106 valence electrons. The first-order chi connectivity index (χ1) is 9.26. The summed E-state index contributed by atoms with van der Waals surface area (Å²) in [6.45, 7) is 1.54. The van der Waals surface area contributed by atoms with E-state index in [1.54, 1.807) is 24.3 Å². The summed E-state index contributed by atoms with van der Waals surface area (Å²) in [6.07, 6.45) is -4.73. The van der Waals surface area contributed by atoms with Gasteiger partial charge in [0.25, 0.3) is 0 Å². The predicted octanol–water partition coefficient (Wildman–Crippen LogP) is 5.87. The van der Waals surface area contributed by atoms with Gasteiger partial charge in [-0.1, -0.05) is 41.4 Å². The van der Waals surface area contributed by atoms with Crippen LogP contribution in [0.5, 0.6) is 5.75 Å². The largest absolute Gasteiger partial charge is 0.573 e. The summed E-state index contributed by atoms with van der Waals surface area (Å²) >= 11 is 11.8. The average Bonchev–Trinajstić information content (AvgIpc) is 2.30. The van der Waals surface area contributed by atoms with Crippen molar-refractivity contribution in [1.29, 1.82) is 0 Å². The van der Waals surface area contributed by atoms with Crippen molar-refractivity contribution in [3.63, 3.8) is 0 Å². The molecule has 0 radical (unpaired) electrons. The summed E-state index contributed by atoms with van der Waals surface area (Å²) in [5, 5.41) is 0.817. The molecule has 0 saturated carbocycles. The molecule has 0 aliphatic rings. The zero-order chi connectivity index (χ0) is 14.9. The normalized spacial score (nSPS) is 11.5. The monoisotopic (exact) mass is 320 g/mol. The number of halogens is 5. The van der Waals surface area contributed by atoms with Crippen molar-refractivity contribution in [2.75, 3.05) is 0 Å². The molecule has 2 rings (SSSR count). The lowest BCUT2D eigenvalue weighted by molar-refractivity contribution is -0.274. The molecule has 0 atom stereocenters.